The van der Waals surface area contributed by atoms with E-state index >= 15 is 0 Å². The summed E-state index contributed by atoms with van der Waals surface area (Å²) < 4.78 is 10.2. The Kier molecular flexibility index (Phi) is 9.86. The number of hydrogen-bond donors (Lipinski definition) is 2. The summed E-state index contributed by atoms with van der Waals surface area (Å²) in [6.07, 6.45) is 0.636. The molecular weight excluding hydrogens is 448 g/mol. The molecule has 2 N–H and O–H groups in total. The van der Waals surface area contributed by atoms with E-state index in [1.54, 1.807) is 49.3 Å². The van der Waals surface area contributed by atoms with Gasteiger partial charge in [0, 0.05) is 31.0 Å². The Hall–Kier alpha value is -3.36. The van der Waals surface area contributed by atoms with E-state index in [-0.39, 0.29) is 36.5 Å². The van der Waals surface area contributed by atoms with Gasteiger partial charge in [-0.15, -0.1) is 0 Å². The minimum absolute atomic E-state index is 0.0449. The van der Waals surface area contributed by atoms with Crippen LogP contribution in [0.15, 0.2) is 34.9 Å². The van der Waals surface area contributed by atoms with Crippen molar-refractivity contribution in [1.82, 2.24) is 15.4 Å². The van der Waals surface area contributed by atoms with Crippen LogP contribution < -0.4 is 15.4 Å². The van der Waals surface area contributed by atoms with Gasteiger partial charge in [-0.2, -0.15) is 0 Å². The number of carbonyl (C=O) groups is 3. The van der Waals surface area contributed by atoms with E-state index in [1.807, 2.05) is 34.6 Å². The number of nitrogens with zero attached hydrogens (tertiary/aromatic N) is 2. The highest BCUT2D eigenvalue weighted by Gasteiger charge is 2.34. The molecule has 2 rings (SSSR count). The molecule has 0 radical (unpaired) electrons. The van der Waals surface area contributed by atoms with Gasteiger partial charge in [0.2, 0.25) is 17.7 Å². The number of benzene rings is 1. The molecule has 1 aromatic carbocycles. The first-order valence-corrected chi connectivity index (χ1v) is 11.9. The molecular formula is C26H38N4O5. The monoisotopic (exact) mass is 486 g/mol. The number of aryl methyl sites for hydroxylation is 1. The fourth-order valence-corrected chi connectivity index (χ4v) is 3.49. The molecule has 0 bridgehead atoms. The van der Waals surface area contributed by atoms with Crippen molar-refractivity contribution in [3.8, 4) is 5.75 Å². The molecule has 3 amide bonds. The summed E-state index contributed by atoms with van der Waals surface area (Å²) >= 11 is 0. The van der Waals surface area contributed by atoms with Crippen molar-refractivity contribution in [1.29, 1.82) is 0 Å². The second-order valence-electron chi connectivity index (χ2n) is 9.71. The molecule has 2 aromatic rings. The van der Waals surface area contributed by atoms with Crippen LogP contribution in [0.3, 0.4) is 0 Å². The first kappa shape index (κ1) is 27.9. The molecule has 0 saturated carbocycles. The molecule has 1 atom stereocenters. The molecule has 0 saturated heterocycles. The number of methoxy groups -OCH3 is 1. The minimum atomic E-state index is -0.845. The fraction of sp³-hybridized carbons (Fsp3) is 0.538. The van der Waals surface area contributed by atoms with Gasteiger partial charge in [-0.25, -0.2) is 0 Å². The van der Waals surface area contributed by atoms with Crippen molar-refractivity contribution in [3.05, 3.63) is 41.7 Å². The second kappa shape index (κ2) is 12.4. The molecule has 1 aromatic heterocycles. The van der Waals surface area contributed by atoms with Crippen LogP contribution in [-0.2, 0) is 14.4 Å². The van der Waals surface area contributed by atoms with Crippen LogP contribution in [0.1, 0.15) is 71.2 Å². The van der Waals surface area contributed by atoms with Crippen LogP contribution >= 0.6 is 0 Å². The van der Waals surface area contributed by atoms with Crippen molar-refractivity contribution in [3.63, 3.8) is 0 Å². The molecule has 0 aliphatic rings. The summed E-state index contributed by atoms with van der Waals surface area (Å²) in [6.45, 7) is 11.9. The fourth-order valence-electron chi connectivity index (χ4n) is 3.49. The van der Waals surface area contributed by atoms with Gasteiger partial charge >= 0.3 is 0 Å². The van der Waals surface area contributed by atoms with Gasteiger partial charge in [-0.1, -0.05) is 38.1 Å². The number of ether oxygens (including phenoxy) is 1. The third kappa shape index (κ3) is 8.42. The number of carbonyl (C=O) groups excluding carboxylic acids is 3. The van der Waals surface area contributed by atoms with E-state index in [0.717, 1.165) is 6.42 Å². The number of amides is 3. The second-order valence-corrected chi connectivity index (χ2v) is 9.71. The first-order valence-electron chi connectivity index (χ1n) is 11.9. The van der Waals surface area contributed by atoms with Crippen molar-refractivity contribution in [2.45, 2.75) is 72.4 Å². The molecule has 0 spiro atoms. The standard InChI is InChI=1S/C26H38N4O5/c1-8-26(5,6)28-25(33)24(19-9-11-20(34-7)12-10-19)30(16-17(2)3)23(32)14-13-22(31)27-21-15-18(4)35-29-21/h9-12,15,17,24H,8,13-14,16H2,1-7H3,(H,28,33)(H,27,29,31)/t24-/m1/s1. The lowest BCUT2D eigenvalue weighted by Crippen LogP contribution is -2.51. The third-order valence-electron chi connectivity index (χ3n) is 5.68. The Bertz CT molecular complexity index is 997. The Morgan fingerprint density at radius 3 is 2.31 bits per heavy atom. The van der Waals surface area contributed by atoms with E-state index in [0.29, 0.717) is 29.4 Å². The number of rotatable bonds is 12. The predicted octanol–water partition coefficient (Wildman–Crippen LogP) is 4.24. The van der Waals surface area contributed by atoms with Gasteiger partial charge in [0.05, 0.1) is 7.11 Å². The van der Waals surface area contributed by atoms with Crippen molar-refractivity contribution in [2.75, 3.05) is 19.0 Å². The van der Waals surface area contributed by atoms with Crippen LogP contribution in [0, 0.1) is 12.8 Å². The molecule has 9 heteroatoms. The maximum Gasteiger partial charge on any atom is 0.247 e. The highest BCUT2D eigenvalue weighted by Crippen LogP contribution is 2.27. The highest BCUT2D eigenvalue weighted by atomic mass is 16.5. The minimum Gasteiger partial charge on any atom is -0.497 e. The Morgan fingerprint density at radius 2 is 1.80 bits per heavy atom. The van der Waals surface area contributed by atoms with E-state index in [2.05, 4.69) is 15.8 Å². The summed E-state index contributed by atoms with van der Waals surface area (Å²) in [5.74, 6) is 0.740. The molecule has 1 heterocycles. The number of aromatic nitrogens is 1. The largest absolute Gasteiger partial charge is 0.497 e. The Labute approximate surface area is 207 Å². The summed E-state index contributed by atoms with van der Waals surface area (Å²) in [5, 5.41) is 9.44. The number of anilines is 1. The zero-order chi connectivity index (χ0) is 26.2. The highest BCUT2D eigenvalue weighted by molar-refractivity contribution is 5.94. The van der Waals surface area contributed by atoms with Crippen LogP contribution in [0.4, 0.5) is 5.82 Å². The Balaban J connectivity index is 2.28. The van der Waals surface area contributed by atoms with E-state index in [1.165, 1.54) is 0 Å². The molecule has 0 aliphatic carbocycles. The summed E-state index contributed by atoms with van der Waals surface area (Å²) in [5.41, 5.74) is 0.232. The van der Waals surface area contributed by atoms with Gasteiger partial charge in [0.1, 0.15) is 17.6 Å². The SMILES string of the molecule is CCC(C)(C)NC(=O)[C@@H](c1ccc(OC)cc1)N(CC(C)C)C(=O)CCC(=O)Nc1cc(C)on1. The number of hydrogen-bond acceptors (Lipinski definition) is 6. The lowest BCUT2D eigenvalue weighted by Gasteiger charge is -2.35. The zero-order valence-corrected chi connectivity index (χ0v) is 21.8. The maximum absolute atomic E-state index is 13.5. The van der Waals surface area contributed by atoms with Crippen molar-refractivity contribution >= 4 is 23.5 Å². The molecule has 9 nitrogen and oxygen atoms in total. The maximum atomic E-state index is 13.5. The van der Waals surface area contributed by atoms with Crippen molar-refractivity contribution in [2.24, 2.45) is 5.92 Å². The quantitative estimate of drug-likeness (QED) is 0.464. The van der Waals surface area contributed by atoms with E-state index in [9.17, 15) is 14.4 Å². The van der Waals surface area contributed by atoms with Gasteiger partial charge in [-0.3, -0.25) is 14.4 Å². The lowest BCUT2D eigenvalue weighted by molar-refractivity contribution is -0.142. The Morgan fingerprint density at radius 1 is 1.14 bits per heavy atom. The predicted molar refractivity (Wildman–Crippen MR) is 134 cm³/mol. The van der Waals surface area contributed by atoms with Gasteiger partial charge in [-0.05, 0) is 50.8 Å². The molecule has 0 aliphatic heterocycles. The first-order chi connectivity index (χ1) is 16.5. The topological polar surface area (TPSA) is 114 Å². The normalized spacial score (nSPS) is 12.2. The summed E-state index contributed by atoms with van der Waals surface area (Å²) in [7, 11) is 1.57. The smallest absolute Gasteiger partial charge is 0.247 e. The lowest BCUT2D eigenvalue weighted by atomic mass is 9.97. The van der Waals surface area contributed by atoms with Gasteiger partial charge < -0.3 is 24.8 Å². The van der Waals surface area contributed by atoms with Crippen LogP contribution in [0.2, 0.25) is 0 Å². The van der Waals surface area contributed by atoms with Crippen LogP contribution in [0.5, 0.6) is 5.75 Å². The summed E-state index contributed by atoms with van der Waals surface area (Å²) in [6, 6.07) is 7.88. The molecule has 0 fully saturated rings. The number of nitrogens with one attached hydrogen (secondary N) is 2. The third-order valence-corrected chi connectivity index (χ3v) is 5.68. The van der Waals surface area contributed by atoms with Crippen LogP contribution in [0.25, 0.3) is 0 Å². The van der Waals surface area contributed by atoms with Gasteiger partial charge in [0.25, 0.3) is 0 Å². The average Bonchev–Trinajstić information content (AvgIpc) is 3.21. The zero-order valence-electron chi connectivity index (χ0n) is 21.8. The molecule has 0 unspecified atom stereocenters. The van der Waals surface area contributed by atoms with E-state index < -0.39 is 11.6 Å². The van der Waals surface area contributed by atoms with Gasteiger partial charge in [0.15, 0.2) is 5.82 Å². The summed E-state index contributed by atoms with van der Waals surface area (Å²) in [4.78, 5) is 40.9. The van der Waals surface area contributed by atoms with E-state index in [4.69, 9.17) is 9.26 Å². The molecule has 35 heavy (non-hydrogen) atoms. The molecule has 192 valence electrons. The van der Waals surface area contributed by atoms with Crippen molar-refractivity contribution < 1.29 is 23.6 Å². The average molecular weight is 487 g/mol. The van der Waals surface area contributed by atoms with Crippen LogP contribution in [-0.4, -0.2) is 47.0 Å².